The minimum atomic E-state index is -0.351. The van der Waals surface area contributed by atoms with Crippen molar-refractivity contribution >= 4 is 27.3 Å². The first-order valence-corrected chi connectivity index (χ1v) is 7.54. The standard InChI is InChI=1S/C16H17BrN2O2/c1-11(2)14-5-3-4-6-15(14)18-10-12-7-8-13(17)9-16(12)19(20)21/h3-9,11,18H,10H2,1-2H3. The first-order chi connectivity index (χ1) is 9.99. The summed E-state index contributed by atoms with van der Waals surface area (Å²) in [6.07, 6.45) is 0. The SMILES string of the molecule is CC(C)c1ccccc1NCc1ccc(Br)cc1[N+](=O)[O-]. The first kappa shape index (κ1) is 15.5. The Morgan fingerprint density at radius 2 is 1.95 bits per heavy atom. The highest BCUT2D eigenvalue weighted by Gasteiger charge is 2.14. The molecular weight excluding hydrogens is 332 g/mol. The van der Waals surface area contributed by atoms with Gasteiger partial charge in [0.1, 0.15) is 0 Å². The molecule has 0 amide bonds. The van der Waals surface area contributed by atoms with Crippen molar-refractivity contribution < 1.29 is 4.92 Å². The summed E-state index contributed by atoms with van der Waals surface area (Å²) in [6.45, 7) is 4.68. The van der Waals surface area contributed by atoms with Gasteiger partial charge in [-0.05, 0) is 29.7 Å². The second kappa shape index (κ2) is 6.72. The molecule has 5 heteroatoms. The van der Waals surface area contributed by atoms with Crippen LogP contribution in [0.3, 0.4) is 0 Å². The molecular formula is C16H17BrN2O2. The van der Waals surface area contributed by atoms with Crippen molar-refractivity contribution in [1.82, 2.24) is 0 Å². The van der Waals surface area contributed by atoms with E-state index in [1.165, 1.54) is 11.6 Å². The first-order valence-electron chi connectivity index (χ1n) is 6.74. The highest BCUT2D eigenvalue weighted by atomic mass is 79.9. The number of nitro groups is 1. The molecule has 4 nitrogen and oxygen atoms in total. The molecule has 2 aromatic carbocycles. The Bertz CT molecular complexity index is 656. The summed E-state index contributed by atoms with van der Waals surface area (Å²) in [5.74, 6) is 0.397. The summed E-state index contributed by atoms with van der Waals surface area (Å²) < 4.78 is 0.709. The van der Waals surface area contributed by atoms with Crippen molar-refractivity contribution in [3.05, 3.63) is 68.2 Å². The number of para-hydroxylation sites is 1. The molecule has 21 heavy (non-hydrogen) atoms. The van der Waals surface area contributed by atoms with Gasteiger partial charge in [0.2, 0.25) is 0 Å². The average molecular weight is 349 g/mol. The second-order valence-electron chi connectivity index (χ2n) is 5.13. The zero-order valence-electron chi connectivity index (χ0n) is 12.0. The van der Waals surface area contributed by atoms with E-state index in [9.17, 15) is 10.1 Å². The fourth-order valence-electron chi connectivity index (χ4n) is 2.21. The lowest BCUT2D eigenvalue weighted by molar-refractivity contribution is -0.385. The molecule has 2 aromatic rings. The van der Waals surface area contributed by atoms with Gasteiger partial charge in [-0.25, -0.2) is 0 Å². The zero-order chi connectivity index (χ0) is 15.4. The fourth-order valence-corrected chi connectivity index (χ4v) is 2.56. The van der Waals surface area contributed by atoms with Gasteiger partial charge in [-0.3, -0.25) is 10.1 Å². The van der Waals surface area contributed by atoms with Gasteiger partial charge in [-0.1, -0.05) is 48.0 Å². The Kier molecular flexibility index (Phi) is 4.96. The Labute approximate surface area is 132 Å². The molecule has 0 aliphatic carbocycles. The van der Waals surface area contributed by atoms with Crippen molar-refractivity contribution in [2.75, 3.05) is 5.32 Å². The van der Waals surface area contributed by atoms with E-state index >= 15 is 0 Å². The van der Waals surface area contributed by atoms with E-state index < -0.39 is 0 Å². The number of nitrogens with one attached hydrogen (secondary N) is 1. The predicted octanol–water partition coefficient (Wildman–Crippen LogP) is 5.09. The van der Waals surface area contributed by atoms with Crippen LogP contribution in [0.5, 0.6) is 0 Å². The topological polar surface area (TPSA) is 55.2 Å². The van der Waals surface area contributed by atoms with Crippen molar-refractivity contribution in [1.29, 1.82) is 0 Å². The van der Waals surface area contributed by atoms with Crippen LogP contribution < -0.4 is 5.32 Å². The molecule has 0 fully saturated rings. The van der Waals surface area contributed by atoms with Gasteiger partial charge in [0.25, 0.3) is 5.69 Å². The Morgan fingerprint density at radius 3 is 2.62 bits per heavy atom. The number of hydrogen-bond donors (Lipinski definition) is 1. The van der Waals surface area contributed by atoms with E-state index in [0.29, 0.717) is 22.5 Å². The quantitative estimate of drug-likeness (QED) is 0.604. The summed E-state index contributed by atoms with van der Waals surface area (Å²) in [4.78, 5) is 10.8. The fraction of sp³-hybridized carbons (Fsp3) is 0.250. The van der Waals surface area contributed by atoms with E-state index in [-0.39, 0.29) is 10.6 Å². The maximum atomic E-state index is 11.1. The summed E-state index contributed by atoms with van der Waals surface area (Å²) in [6, 6.07) is 13.2. The maximum absolute atomic E-state index is 11.1. The molecule has 0 spiro atoms. The molecule has 0 radical (unpaired) electrons. The Balaban J connectivity index is 2.23. The lowest BCUT2D eigenvalue weighted by atomic mass is 10.0. The lowest BCUT2D eigenvalue weighted by Crippen LogP contribution is -2.05. The smallest absolute Gasteiger partial charge is 0.275 e. The van der Waals surface area contributed by atoms with Crippen molar-refractivity contribution in [2.45, 2.75) is 26.3 Å². The van der Waals surface area contributed by atoms with Crippen molar-refractivity contribution in [3.8, 4) is 0 Å². The number of rotatable bonds is 5. The van der Waals surface area contributed by atoms with Crippen molar-refractivity contribution in [2.24, 2.45) is 0 Å². The van der Waals surface area contributed by atoms with Gasteiger partial charge in [0.15, 0.2) is 0 Å². The van der Waals surface area contributed by atoms with Crippen LogP contribution >= 0.6 is 15.9 Å². The molecule has 0 atom stereocenters. The van der Waals surface area contributed by atoms with Crippen LogP contribution in [0.15, 0.2) is 46.9 Å². The molecule has 0 bridgehead atoms. The number of nitrogens with zero attached hydrogens (tertiary/aromatic N) is 1. The Morgan fingerprint density at radius 1 is 1.24 bits per heavy atom. The van der Waals surface area contributed by atoms with Crippen LogP contribution in [0.4, 0.5) is 11.4 Å². The Hall–Kier alpha value is -1.88. The highest BCUT2D eigenvalue weighted by Crippen LogP contribution is 2.27. The van der Waals surface area contributed by atoms with E-state index in [1.807, 2.05) is 24.3 Å². The van der Waals surface area contributed by atoms with E-state index in [2.05, 4.69) is 41.2 Å². The van der Waals surface area contributed by atoms with Crippen LogP contribution in [0.25, 0.3) is 0 Å². The molecule has 0 saturated heterocycles. The van der Waals surface area contributed by atoms with Gasteiger partial charge in [0.05, 0.1) is 4.92 Å². The van der Waals surface area contributed by atoms with E-state index in [1.54, 1.807) is 6.07 Å². The molecule has 2 rings (SSSR count). The van der Waals surface area contributed by atoms with Gasteiger partial charge >= 0.3 is 0 Å². The third kappa shape index (κ3) is 3.82. The molecule has 110 valence electrons. The summed E-state index contributed by atoms with van der Waals surface area (Å²) in [5, 5.41) is 14.4. The van der Waals surface area contributed by atoms with Gasteiger partial charge in [-0.2, -0.15) is 0 Å². The molecule has 0 aromatic heterocycles. The summed E-state index contributed by atoms with van der Waals surface area (Å²) in [5.41, 5.74) is 3.02. The van der Waals surface area contributed by atoms with Gasteiger partial charge in [-0.15, -0.1) is 0 Å². The van der Waals surface area contributed by atoms with Gasteiger partial charge in [0, 0.05) is 28.3 Å². The van der Waals surface area contributed by atoms with Crippen LogP contribution in [0, 0.1) is 10.1 Å². The highest BCUT2D eigenvalue weighted by molar-refractivity contribution is 9.10. The average Bonchev–Trinajstić information content (AvgIpc) is 2.46. The van der Waals surface area contributed by atoms with E-state index in [0.717, 1.165) is 5.69 Å². The lowest BCUT2D eigenvalue weighted by Gasteiger charge is -2.14. The summed E-state index contributed by atoms with van der Waals surface area (Å²) in [7, 11) is 0. The third-order valence-corrected chi connectivity index (χ3v) is 3.79. The van der Waals surface area contributed by atoms with E-state index in [4.69, 9.17) is 0 Å². The molecule has 0 aliphatic heterocycles. The summed E-state index contributed by atoms with van der Waals surface area (Å²) >= 11 is 3.27. The maximum Gasteiger partial charge on any atom is 0.275 e. The molecule has 0 saturated carbocycles. The van der Waals surface area contributed by atoms with Crippen LogP contribution in [-0.4, -0.2) is 4.92 Å². The largest absolute Gasteiger partial charge is 0.380 e. The van der Waals surface area contributed by atoms with Crippen LogP contribution in [0.1, 0.15) is 30.9 Å². The molecule has 0 aliphatic rings. The predicted molar refractivity (Wildman–Crippen MR) is 88.7 cm³/mol. The molecule has 1 N–H and O–H groups in total. The number of hydrogen-bond acceptors (Lipinski definition) is 3. The minimum absolute atomic E-state index is 0.124. The van der Waals surface area contributed by atoms with Gasteiger partial charge < -0.3 is 5.32 Å². The molecule has 0 heterocycles. The number of nitro benzene ring substituents is 1. The third-order valence-electron chi connectivity index (χ3n) is 3.30. The molecule has 0 unspecified atom stereocenters. The monoisotopic (exact) mass is 348 g/mol. The second-order valence-corrected chi connectivity index (χ2v) is 6.04. The normalized spacial score (nSPS) is 10.7. The van der Waals surface area contributed by atoms with Crippen molar-refractivity contribution in [3.63, 3.8) is 0 Å². The van der Waals surface area contributed by atoms with Crippen LogP contribution in [-0.2, 0) is 6.54 Å². The number of benzene rings is 2. The minimum Gasteiger partial charge on any atom is -0.380 e. The number of anilines is 1. The zero-order valence-corrected chi connectivity index (χ0v) is 13.6. The van der Waals surface area contributed by atoms with Crippen LogP contribution in [0.2, 0.25) is 0 Å². The number of halogens is 1.